The number of hydrogen-bond donors (Lipinski definition) is 1. The van der Waals surface area contributed by atoms with E-state index in [1.54, 1.807) is 12.1 Å². The first-order valence-corrected chi connectivity index (χ1v) is 6.24. The largest absolute Gasteiger partial charge is 0.345 e. The molecule has 0 fully saturated rings. The molecule has 0 aliphatic carbocycles. The van der Waals surface area contributed by atoms with Crippen molar-refractivity contribution in [3.63, 3.8) is 0 Å². The molecule has 0 radical (unpaired) electrons. The molecule has 5 heteroatoms. The van der Waals surface area contributed by atoms with Crippen LogP contribution in [0.15, 0.2) is 41.3 Å². The Kier molecular flexibility index (Phi) is 2.83. The molecule has 2 aromatic heterocycles. The number of aromatic nitrogens is 3. The average molecular weight is 306 g/mol. The van der Waals surface area contributed by atoms with Crippen LogP contribution in [0.5, 0.6) is 0 Å². The summed E-state index contributed by atoms with van der Waals surface area (Å²) in [6, 6.07) is 6.45. The first kappa shape index (κ1) is 11.3. The van der Waals surface area contributed by atoms with Crippen LogP contribution >= 0.6 is 15.9 Å². The van der Waals surface area contributed by atoms with E-state index in [0.29, 0.717) is 6.42 Å². The SMILES string of the molecule is Fc1ccc(Cc2ncnc3[nH]cc(Br)c23)cc1. The summed E-state index contributed by atoms with van der Waals surface area (Å²) in [5, 5.41) is 0.974. The summed E-state index contributed by atoms with van der Waals surface area (Å²) in [5.41, 5.74) is 2.73. The van der Waals surface area contributed by atoms with Crippen LogP contribution in [-0.2, 0) is 6.42 Å². The van der Waals surface area contributed by atoms with Crippen molar-refractivity contribution >= 4 is 27.0 Å². The maximum Gasteiger partial charge on any atom is 0.142 e. The number of nitrogens with one attached hydrogen (secondary N) is 1. The minimum absolute atomic E-state index is 0.227. The summed E-state index contributed by atoms with van der Waals surface area (Å²) in [7, 11) is 0. The number of rotatable bonds is 2. The van der Waals surface area contributed by atoms with Crippen molar-refractivity contribution in [3.05, 3.63) is 58.3 Å². The Bertz CT molecular complexity index is 691. The van der Waals surface area contributed by atoms with Crippen LogP contribution in [0, 0.1) is 5.82 Å². The van der Waals surface area contributed by atoms with E-state index in [-0.39, 0.29) is 5.82 Å². The normalized spacial score (nSPS) is 11.0. The molecule has 0 bridgehead atoms. The lowest BCUT2D eigenvalue weighted by molar-refractivity contribution is 0.627. The molecule has 0 aliphatic rings. The van der Waals surface area contributed by atoms with Crippen molar-refractivity contribution < 1.29 is 4.39 Å². The van der Waals surface area contributed by atoms with Gasteiger partial charge in [0.2, 0.25) is 0 Å². The van der Waals surface area contributed by atoms with Gasteiger partial charge in [0.1, 0.15) is 17.8 Å². The van der Waals surface area contributed by atoms with Crippen molar-refractivity contribution in [2.75, 3.05) is 0 Å². The van der Waals surface area contributed by atoms with Crippen molar-refractivity contribution in [3.8, 4) is 0 Å². The lowest BCUT2D eigenvalue weighted by Gasteiger charge is -2.03. The Morgan fingerprint density at radius 3 is 2.72 bits per heavy atom. The molecule has 0 saturated heterocycles. The van der Waals surface area contributed by atoms with Crippen LogP contribution in [0.4, 0.5) is 4.39 Å². The summed E-state index contributed by atoms with van der Waals surface area (Å²) < 4.78 is 13.8. The highest BCUT2D eigenvalue weighted by atomic mass is 79.9. The fourth-order valence-electron chi connectivity index (χ4n) is 1.92. The first-order chi connectivity index (χ1) is 8.74. The molecular formula is C13H9BrFN3. The molecule has 0 spiro atoms. The molecular weight excluding hydrogens is 297 g/mol. The van der Waals surface area contributed by atoms with E-state index >= 15 is 0 Å². The molecule has 0 saturated carbocycles. The van der Waals surface area contributed by atoms with Crippen LogP contribution in [0.2, 0.25) is 0 Å². The van der Waals surface area contributed by atoms with E-state index in [9.17, 15) is 4.39 Å². The van der Waals surface area contributed by atoms with Crippen LogP contribution in [0.25, 0.3) is 11.0 Å². The molecule has 1 aromatic carbocycles. The van der Waals surface area contributed by atoms with Gasteiger partial charge in [0, 0.05) is 17.1 Å². The molecule has 0 unspecified atom stereocenters. The third-order valence-corrected chi connectivity index (χ3v) is 3.41. The van der Waals surface area contributed by atoms with Gasteiger partial charge < -0.3 is 4.98 Å². The molecule has 90 valence electrons. The zero-order chi connectivity index (χ0) is 12.5. The van der Waals surface area contributed by atoms with Gasteiger partial charge in [-0.15, -0.1) is 0 Å². The molecule has 3 aromatic rings. The second kappa shape index (κ2) is 4.49. The molecule has 0 aliphatic heterocycles. The molecule has 3 nitrogen and oxygen atoms in total. The number of halogens is 2. The highest BCUT2D eigenvalue weighted by Crippen LogP contribution is 2.25. The zero-order valence-electron chi connectivity index (χ0n) is 9.32. The fourth-order valence-corrected chi connectivity index (χ4v) is 2.45. The summed E-state index contributed by atoms with van der Waals surface area (Å²) in [6.07, 6.45) is 4.02. The van der Waals surface area contributed by atoms with E-state index in [4.69, 9.17) is 0 Å². The molecule has 18 heavy (non-hydrogen) atoms. The van der Waals surface area contributed by atoms with Gasteiger partial charge in [0.05, 0.1) is 11.1 Å². The van der Waals surface area contributed by atoms with Gasteiger partial charge in [-0.3, -0.25) is 0 Å². The zero-order valence-corrected chi connectivity index (χ0v) is 10.9. The summed E-state index contributed by atoms with van der Waals surface area (Å²) >= 11 is 3.47. The summed E-state index contributed by atoms with van der Waals surface area (Å²) in [4.78, 5) is 11.5. The van der Waals surface area contributed by atoms with Gasteiger partial charge in [0.25, 0.3) is 0 Å². The number of aromatic amines is 1. The highest BCUT2D eigenvalue weighted by molar-refractivity contribution is 9.10. The molecule has 0 atom stereocenters. The predicted octanol–water partition coefficient (Wildman–Crippen LogP) is 3.45. The Labute approximate surface area is 111 Å². The van der Waals surface area contributed by atoms with E-state index in [0.717, 1.165) is 26.8 Å². The lowest BCUT2D eigenvalue weighted by Crippen LogP contribution is -1.94. The van der Waals surface area contributed by atoms with Crippen LogP contribution in [-0.4, -0.2) is 15.0 Å². The van der Waals surface area contributed by atoms with Gasteiger partial charge in [-0.2, -0.15) is 0 Å². The average Bonchev–Trinajstić information content (AvgIpc) is 2.75. The van der Waals surface area contributed by atoms with Crippen molar-refractivity contribution in [1.29, 1.82) is 0 Å². The standard InChI is InChI=1S/C13H9BrFN3/c14-10-6-16-13-12(10)11(17-7-18-13)5-8-1-3-9(15)4-2-8/h1-4,6-7H,5H2,(H,16,17,18). The second-order valence-electron chi connectivity index (χ2n) is 3.98. The lowest BCUT2D eigenvalue weighted by atomic mass is 10.1. The van der Waals surface area contributed by atoms with Crippen LogP contribution in [0.1, 0.15) is 11.3 Å². The van der Waals surface area contributed by atoms with E-state index in [2.05, 4.69) is 30.9 Å². The minimum atomic E-state index is -0.227. The monoisotopic (exact) mass is 305 g/mol. The topological polar surface area (TPSA) is 41.6 Å². The quantitative estimate of drug-likeness (QED) is 0.788. The maximum absolute atomic E-state index is 12.9. The van der Waals surface area contributed by atoms with E-state index in [1.807, 2.05) is 6.20 Å². The molecule has 3 rings (SSSR count). The van der Waals surface area contributed by atoms with E-state index in [1.165, 1.54) is 18.5 Å². The van der Waals surface area contributed by atoms with Crippen molar-refractivity contribution in [2.45, 2.75) is 6.42 Å². The second-order valence-corrected chi connectivity index (χ2v) is 4.84. The Morgan fingerprint density at radius 1 is 1.17 bits per heavy atom. The number of nitrogens with zero attached hydrogens (tertiary/aromatic N) is 2. The molecule has 0 amide bonds. The maximum atomic E-state index is 12.9. The number of H-pyrrole nitrogens is 1. The first-order valence-electron chi connectivity index (χ1n) is 5.45. The number of benzene rings is 1. The van der Waals surface area contributed by atoms with Gasteiger partial charge in [-0.1, -0.05) is 12.1 Å². The van der Waals surface area contributed by atoms with Gasteiger partial charge >= 0.3 is 0 Å². The Balaban J connectivity index is 2.04. The number of hydrogen-bond acceptors (Lipinski definition) is 2. The van der Waals surface area contributed by atoms with Gasteiger partial charge in [0.15, 0.2) is 0 Å². The summed E-state index contributed by atoms with van der Waals surface area (Å²) in [6.45, 7) is 0. The van der Waals surface area contributed by atoms with Gasteiger partial charge in [-0.05, 0) is 33.6 Å². The van der Waals surface area contributed by atoms with Gasteiger partial charge in [-0.25, -0.2) is 14.4 Å². The highest BCUT2D eigenvalue weighted by Gasteiger charge is 2.09. The van der Waals surface area contributed by atoms with Crippen LogP contribution in [0.3, 0.4) is 0 Å². The minimum Gasteiger partial charge on any atom is -0.345 e. The smallest absolute Gasteiger partial charge is 0.142 e. The molecule has 1 N–H and O–H groups in total. The van der Waals surface area contributed by atoms with Crippen molar-refractivity contribution in [2.24, 2.45) is 0 Å². The third kappa shape index (κ3) is 2.01. The predicted molar refractivity (Wildman–Crippen MR) is 70.8 cm³/mol. The Morgan fingerprint density at radius 2 is 1.94 bits per heavy atom. The Hall–Kier alpha value is -1.75. The van der Waals surface area contributed by atoms with Crippen LogP contribution < -0.4 is 0 Å². The van der Waals surface area contributed by atoms with Crippen molar-refractivity contribution in [1.82, 2.24) is 15.0 Å². The number of fused-ring (bicyclic) bond motifs is 1. The fraction of sp³-hybridized carbons (Fsp3) is 0.0769. The molecule has 2 heterocycles. The third-order valence-electron chi connectivity index (χ3n) is 2.79. The van der Waals surface area contributed by atoms with E-state index < -0.39 is 0 Å². The summed E-state index contributed by atoms with van der Waals surface area (Å²) in [5.74, 6) is -0.227.